The number of ether oxygens (including phenoxy) is 3. The second kappa shape index (κ2) is 16.1. The van der Waals surface area contributed by atoms with Crippen LogP contribution in [-0.4, -0.2) is 73.2 Å². The second-order valence-corrected chi connectivity index (χ2v) is 11.4. The number of methoxy groups -OCH3 is 2. The number of hydrogen-bond acceptors (Lipinski definition) is 10. The SMILES string of the molecule is CO[C@H]1/C=C\C=C(/C)C(=O)NC2=CC(=O)C(NC(=O)c3ccco3)=C(C[C@@H](C)C[C@H](OC)[C@H](O)[C@@H](C)/C=C(\C)[C@@H]1OC(N)=O)C2=O. The van der Waals surface area contributed by atoms with Crippen LogP contribution in [0.25, 0.3) is 0 Å². The first-order chi connectivity index (χ1) is 21.8. The van der Waals surface area contributed by atoms with Crippen LogP contribution < -0.4 is 16.4 Å². The van der Waals surface area contributed by atoms with E-state index in [-0.39, 0.29) is 47.1 Å². The molecular weight excluding hydrogens is 598 g/mol. The van der Waals surface area contributed by atoms with E-state index in [4.69, 9.17) is 24.4 Å². The minimum absolute atomic E-state index is 0.00296. The van der Waals surface area contributed by atoms with Gasteiger partial charge in [0.25, 0.3) is 11.8 Å². The molecule has 0 spiro atoms. The molecule has 5 N–H and O–H groups in total. The lowest BCUT2D eigenvalue weighted by molar-refractivity contribution is -0.120. The number of allylic oxidation sites excluding steroid dienone is 4. The van der Waals surface area contributed by atoms with E-state index in [2.05, 4.69) is 10.6 Å². The van der Waals surface area contributed by atoms with Gasteiger partial charge in [-0.3, -0.25) is 19.2 Å². The monoisotopic (exact) mass is 639 g/mol. The first-order valence-corrected chi connectivity index (χ1v) is 14.7. The van der Waals surface area contributed by atoms with Gasteiger partial charge in [0.2, 0.25) is 11.6 Å². The summed E-state index contributed by atoms with van der Waals surface area (Å²) in [7, 11) is 2.85. The third-order valence-corrected chi connectivity index (χ3v) is 7.78. The largest absolute Gasteiger partial charge is 0.459 e. The average molecular weight is 640 g/mol. The van der Waals surface area contributed by atoms with Gasteiger partial charge >= 0.3 is 6.09 Å². The number of ketones is 2. The number of nitrogens with one attached hydrogen (secondary N) is 2. The zero-order valence-electron chi connectivity index (χ0n) is 26.7. The molecule has 0 radical (unpaired) electrons. The maximum Gasteiger partial charge on any atom is 0.405 e. The summed E-state index contributed by atoms with van der Waals surface area (Å²) in [4.78, 5) is 64.7. The average Bonchev–Trinajstić information content (AvgIpc) is 3.55. The van der Waals surface area contributed by atoms with Gasteiger partial charge in [0.05, 0.1) is 29.9 Å². The number of carbonyl (C=O) groups is 5. The van der Waals surface area contributed by atoms with E-state index in [0.717, 1.165) is 6.08 Å². The van der Waals surface area contributed by atoms with Crippen molar-refractivity contribution in [3.63, 3.8) is 0 Å². The number of aliphatic hydroxyl groups is 1. The van der Waals surface area contributed by atoms with Crippen molar-refractivity contribution >= 4 is 29.5 Å². The number of primary amides is 1. The molecule has 2 aliphatic rings. The van der Waals surface area contributed by atoms with Gasteiger partial charge in [0.1, 0.15) is 6.10 Å². The standard InChI is InChI=1S/C33H41N3O10/c1-17-13-21-27(36-32(41)25-11-8-12-45-25)23(37)16-22(29(21)39)35-31(40)18(2)9-7-10-24(43-5)30(46-33(34)42)20(4)15-19(3)28(38)26(14-17)44-6/h7-12,15-17,19,24,26,28,30,38H,13-14H2,1-6H3,(H2,34,42)(H,35,40)(H,36,41)/b10-7-,18-9+,20-15+/t17-,19+,24+,26+,28-,30+/m1/s1. The van der Waals surface area contributed by atoms with Crippen molar-refractivity contribution in [1.82, 2.24) is 10.6 Å². The van der Waals surface area contributed by atoms with E-state index in [9.17, 15) is 29.1 Å². The molecule has 3 amide bonds. The van der Waals surface area contributed by atoms with Crippen LogP contribution in [0.2, 0.25) is 0 Å². The van der Waals surface area contributed by atoms with Crippen molar-refractivity contribution in [2.45, 2.75) is 65.0 Å². The number of rotatable bonds is 5. The normalized spacial score (nSPS) is 29.9. The molecular formula is C33H41N3O10. The minimum atomic E-state index is -1.04. The number of carbonyl (C=O) groups excluding carboxylic acids is 5. The number of aliphatic hydroxyl groups excluding tert-OH is 1. The molecule has 0 saturated heterocycles. The zero-order chi connectivity index (χ0) is 34.1. The second-order valence-electron chi connectivity index (χ2n) is 11.4. The van der Waals surface area contributed by atoms with E-state index in [1.54, 1.807) is 32.9 Å². The smallest absolute Gasteiger partial charge is 0.405 e. The zero-order valence-corrected chi connectivity index (χ0v) is 26.7. The van der Waals surface area contributed by atoms with Gasteiger partial charge < -0.3 is 40.1 Å². The topological polar surface area (TPSA) is 196 Å². The summed E-state index contributed by atoms with van der Waals surface area (Å²) in [6.07, 6.45) is 4.21. The number of hydrogen-bond donors (Lipinski definition) is 4. The van der Waals surface area contributed by atoms with Gasteiger partial charge in [-0.2, -0.15) is 0 Å². The Morgan fingerprint density at radius 1 is 1.13 bits per heavy atom. The molecule has 13 nitrogen and oxygen atoms in total. The highest BCUT2D eigenvalue weighted by Gasteiger charge is 2.34. The van der Waals surface area contributed by atoms with Crippen LogP contribution >= 0.6 is 0 Å². The van der Waals surface area contributed by atoms with Gasteiger partial charge in [-0.25, -0.2) is 4.79 Å². The van der Waals surface area contributed by atoms with Crippen LogP contribution in [-0.2, 0) is 28.6 Å². The van der Waals surface area contributed by atoms with E-state index in [1.807, 2.05) is 0 Å². The van der Waals surface area contributed by atoms with Crippen molar-refractivity contribution in [1.29, 1.82) is 0 Å². The van der Waals surface area contributed by atoms with Crippen LogP contribution in [0.1, 0.15) is 51.1 Å². The van der Waals surface area contributed by atoms with Crippen LogP contribution in [0.4, 0.5) is 4.79 Å². The van der Waals surface area contributed by atoms with E-state index in [1.165, 1.54) is 51.7 Å². The van der Waals surface area contributed by atoms with Gasteiger partial charge in [-0.1, -0.05) is 38.2 Å². The number of nitrogens with two attached hydrogens (primary N) is 1. The fourth-order valence-corrected chi connectivity index (χ4v) is 5.30. The Bertz CT molecular complexity index is 1480. The van der Waals surface area contributed by atoms with Crippen LogP contribution in [0.5, 0.6) is 0 Å². The molecule has 0 fully saturated rings. The summed E-state index contributed by atoms with van der Waals surface area (Å²) in [5, 5.41) is 16.3. The molecule has 1 aliphatic carbocycles. The Labute approximate surface area is 267 Å². The van der Waals surface area contributed by atoms with Crippen LogP contribution in [0.3, 0.4) is 0 Å². The minimum Gasteiger partial charge on any atom is -0.459 e. The molecule has 3 rings (SSSR count). The van der Waals surface area contributed by atoms with Crippen LogP contribution in [0.15, 0.2) is 81.3 Å². The highest BCUT2D eigenvalue weighted by atomic mass is 16.6. The van der Waals surface area contributed by atoms with E-state index in [0.29, 0.717) is 5.57 Å². The highest BCUT2D eigenvalue weighted by molar-refractivity contribution is 6.24. The van der Waals surface area contributed by atoms with E-state index < -0.39 is 59.8 Å². The lowest BCUT2D eigenvalue weighted by atomic mass is 9.85. The maximum atomic E-state index is 13.7. The predicted octanol–water partition coefficient (Wildman–Crippen LogP) is 2.79. The summed E-state index contributed by atoms with van der Waals surface area (Å²) >= 11 is 0. The fraction of sp³-hybridized carbons (Fsp3) is 0.424. The third-order valence-electron chi connectivity index (χ3n) is 7.78. The number of furan rings is 1. The summed E-state index contributed by atoms with van der Waals surface area (Å²) in [6, 6.07) is 2.92. The van der Waals surface area contributed by atoms with Crippen molar-refractivity contribution in [3.05, 3.63) is 82.6 Å². The molecule has 248 valence electrons. The summed E-state index contributed by atoms with van der Waals surface area (Å²) in [6.45, 7) is 6.78. The Morgan fingerprint density at radius 2 is 1.85 bits per heavy atom. The maximum absolute atomic E-state index is 13.7. The first kappa shape index (κ1) is 35.9. The molecule has 0 unspecified atom stereocenters. The van der Waals surface area contributed by atoms with Crippen molar-refractivity contribution in [2.75, 3.05) is 14.2 Å². The molecule has 46 heavy (non-hydrogen) atoms. The first-order valence-electron chi connectivity index (χ1n) is 14.7. The van der Waals surface area contributed by atoms with Crippen molar-refractivity contribution in [3.8, 4) is 0 Å². The van der Waals surface area contributed by atoms with Gasteiger partial charge in [0, 0.05) is 37.4 Å². The molecule has 13 heteroatoms. The molecule has 6 atom stereocenters. The van der Waals surface area contributed by atoms with Crippen molar-refractivity contribution in [2.24, 2.45) is 17.6 Å². The summed E-state index contributed by atoms with van der Waals surface area (Å²) in [5.41, 5.74) is 5.57. The Hall–Kier alpha value is -4.59. The van der Waals surface area contributed by atoms with Crippen LogP contribution in [0, 0.1) is 11.8 Å². The Morgan fingerprint density at radius 3 is 2.46 bits per heavy atom. The van der Waals surface area contributed by atoms with Crippen molar-refractivity contribution < 1.29 is 47.7 Å². The van der Waals surface area contributed by atoms with Gasteiger partial charge in [0.15, 0.2) is 11.9 Å². The Balaban J connectivity index is 2.09. The summed E-state index contributed by atoms with van der Waals surface area (Å²) < 4.78 is 21.7. The fourth-order valence-electron chi connectivity index (χ4n) is 5.30. The molecule has 2 bridgehead atoms. The van der Waals surface area contributed by atoms with Gasteiger partial charge in [-0.15, -0.1) is 0 Å². The highest BCUT2D eigenvalue weighted by Crippen LogP contribution is 2.29. The molecule has 0 aromatic carbocycles. The number of amides is 3. The lowest BCUT2D eigenvalue weighted by Crippen LogP contribution is -2.38. The number of fused-ring (bicyclic) bond motifs is 2. The third kappa shape index (κ3) is 8.99. The number of Topliss-reactive ketones (excluding diaryl/α,β-unsaturated/α-hetero) is 1. The molecule has 1 aliphatic heterocycles. The molecule has 0 saturated carbocycles. The molecule has 2 heterocycles. The molecule has 1 aromatic rings. The Kier molecular flexibility index (Phi) is 12.6. The molecule has 1 aromatic heterocycles. The quantitative estimate of drug-likeness (QED) is 0.275. The lowest BCUT2D eigenvalue weighted by Gasteiger charge is -2.30. The summed E-state index contributed by atoms with van der Waals surface area (Å²) in [5.74, 6) is -3.64. The van der Waals surface area contributed by atoms with Gasteiger partial charge in [-0.05, 0) is 50.3 Å². The predicted molar refractivity (Wildman–Crippen MR) is 166 cm³/mol. The van der Waals surface area contributed by atoms with E-state index >= 15 is 0 Å².